The first-order chi connectivity index (χ1) is 6.79. The maximum absolute atomic E-state index is 9.65. The predicted octanol–water partition coefficient (Wildman–Crippen LogP) is -0.796. The molecule has 1 saturated heterocycles. The molecule has 0 bridgehead atoms. The zero-order valence-electron chi connectivity index (χ0n) is 8.06. The fourth-order valence-electron chi connectivity index (χ4n) is 1.35. The van der Waals surface area contributed by atoms with E-state index in [1.807, 2.05) is 0 Å². The van der Waals surface area contributed by atoms with Gasteiger partial charge in [-0.1, -0.05) is 6.08 Å². The lowest BCUT2D eigenvalue weighted by molar-refractivity contribution is -0.182. The van der Waals surface area contributed by atoms with Gasteiger partial charge in [-0.05, 0) is 0 Å². The Bertz CT molecular complexity index is 176. The van der Waals surface area contributed by atoms with E-state index in [0.717, 1.165) is 0 Å². The average Bonchev–Trinajstić information content (AvgIpc) is 2.21. The number of hydroxylamine groups is 1. The van der Waals surface area contributed by atoms with Crippen LogP contribution in [0.15, 0.2) is 12.7 Å². The Morgan fingerprint density at radius 1 is 1.64 bits per heavy atom. The first-order valence-electron chi connectivity index (χ1n) is 4.69. The van der Waals surface area contributed by atoms with Crippen LogP contribution in [-0.2, 0) is 9.57 Å². The van der Waals surface area contributed by atoms with E-state index < -0.39 is 12.2 Å². The summed E-state index contributed by atoms with van der Waals surface area (Å²) in [4.78, 5) is 5.21. The van der Waals surface area contributed by atoms with E-state index in [4.69, 9.17) is 14.7 Å². The first-order valence-corrected chi connectivity index (χ1v) is 4.69. The molecule has 14 heavy (non-hydrogen) atoms. The molecule has 1 heterocycles. The quantitative estimate of drug-likeness (QED) is 0.310. The van der Waals surface area contributed by atoms with Crippen LogP contribution in [-0.4, -0.2) is 48.3 Å². The second-order valence-corrected chi connectivity index (χ2v) is 3.16. The standard InChI is InChI=1S/C9H17NO4/c1-2-4-10-14-7-3-5-13-8(6-11)9(7)12/h2,7-12H,1,3-6H2. The Kier molecular flexibility index (Phi) is 5.06. The van der Waals surface area contributed by atoms with Crippen LogP contribution < -0.4 is 5.48 Å². The van der Waals surface area contributed by atoms with Crippen molar-refractivity contribution in [3.05, 3.63) is 12.7 Å². The Balaban J connectivity index is 2.31. The Labute approximate surface area is 83.3 Å². The molecule has 5 heteroatoms. The zero-order valence-corrected chi connectivity index (χ0v) is 8.06. The number of rotatable bonds is 5. The van der Waals surface area contributed by atoms with Gasteiger partial charge >= 0.3 is 0 Å². The lowest BCUT2D eigenvalue weighted by atomic mass is 10.0. The van der Waals surface area contributed by atoms with Crippen LogP contribution in [0.1, 0.15) is 6.42 Å². The van der Waals surface area contributed by atoms with Crippen LogP contribution in [0.25, 0.3) is 0 Å². The van der Waals surface area contributed by atoms with Crippen LogP contribution >= 0.6 is 0 Å². The summed E-state index contributed by atoms with van der Waals surface area (Å²) in [5.41, 5.74) is 2.66. The van der Waals surface area contributed by atoms with Gasteiger partial charge in [0.1, 0.15) is 18.3 Å². The number of hydrogen-bond donors (Lipinski definition) is 3. The van der Waals surface area contributed by atoms with Gasteiger partial charge in [0.25, 0.3) is 0 Å². The Hall–Kier alpha value is -0.460. The molecule has 1 aliphatic heterocycles. The topological polar surface area (TPSA) is 71.0 Å². The second-order valence-electron chi connectivity index (χ2n) is 3.16. The van der Waals surface area contributed by atoms with E-state index in [-0.39, 0.29) is 12.7 Å². The highest BCUT2D eigenvalue weighted by molar-refractivity contribution is 4.81. The minimum absolute atomic E-state index is 0.192. The predicted molar refractivity (Wildman–Crippen MR) is 50.5 cm³/mol. The lowest BCUT2D eigenvalue weighted by Crippen LogP contribution is -2.49. The van der Waals surface area contributed by atoms with Crippen molar-refractivity contribution in [2.75, 3.05) is 19.8 Å². The summed E-state index contributed by atoms with van der Waals surface area (Å²) >= 11 is 0. The summed E-state index contributed by atoms with van der Waals surface area (Å²) in [5.74, 6) is 0. The van der Waals surface area contributed by atoms with Gasteiger partial charge in [-0.2, -0.15) is 5.48 Å². The number of hydrogen-bond acceptors (Lipinski definition) is 5. The van der Waals surface area contributed by atoms with Crippen molar-refractivity contribution in [1.29, 1.82) is 0 Å². The fraction of sp³-hybridized carbons (Fsp3) is 0.778. The SMILES string of the molecule is C=CCNOC1CCOC(CO)C1O. The Morgan fingerprint density at radius 2 is 2.43 bits per heavy atom. The molecule has 0 aromatic heterocycles. The maximum atomic E-state index is 9.65. The molecule has 0 aromatic carbocycles. The smallest absolute Gasteiger partial charge is 0.111 e. The average molecular weight is 203 g/mol. The number of aliphatic hydroxyl groups is 2. The molecule has 5 nitrogen and oxygen atoms in total. The molecule has 0 spiro atoms. The molecule has 0 aliphatic carbocycles. The minimum atomic E-state index is -0.786. The van der Waals surface area contributed by atoms with Crippen molar-refractivity contribution < 1.29 is 19.8 Å². The van der Waals surface area contributed by atoms with Gasteiger partial charge in [0.05, 0.1) is 6.61 Å². The highest BCUT2D eigenvalue weighted by atomic mass is 16.7. The van der Waals surface area contributed by atoms with Crippen molar-refractivity contribution in [1.82, 2.24) is 5.48 Å². The molecule has 3 unspecified atom stereocenters. The van der Waals surface area contributed by atoms with Gasteiger partial charge in [-0.3, -0.25) is 4.84 Å². The van der Waals surface area contributed by atoms with Crippen LogP contribution in [0.2, 0.25) is 0 Å². The van der Waals surface area contributed by atoms with E-state index in [2.05, 4.69) is 12.1 Å². The third-order valence-corrected chi connectivity index (χ3v) is 2.14. The van der Waals surface area contributed by atoms with Crippen LogP contribution in [0.3, 0.4) is 0 Å². The van der Waals surface area contributed by atoms with E-state index >= 15 is 0 Å². The molecule has 3 atom stereocenters. The molecule has 1 aliphatic rings. The van der Waals surface area contributed by atoms with Crippen molar-refractivity contribution in [2.45, 2.75) is 24.7 Å². The lowest BCUT2D eigenvalue weighted by Gasteiger charge is -2.33. The third kappa shape index (κ3) is 3.04. The second kappa shape index (κ2) is 6.10. The molecular formula is C9H17NO4. The zero-order chi connectivity index (χ0) is 10.4. The van der Waals surface area contributed by atoms with Crippen LogP contribution in [0.5, 0.6) is 0 Å². The minimum Gasteiger partial charge on any atom is -0.394 e. The molecule has 0 aromatic rings. The van der Waals surface area contributed by atoms with Gasteiger partial charge in [0, 0.05) is 19.6 Å². The van der Waals surface area contributed by atoms with Crippen molar-refractivity contribution in [3.63, 3.8) is 0 Å². The normalized spacial score (nSPS) is 32.9. The summed E-state index contributed by atoms with van der Waals surface area (Å²) in [6.07, 6.45) is 0.614. The molecule has 1 rings (SSSR count). The van der Waals surface area contributed by atoms with Gasteiger partial charge in [0.15, 0.2) is 0 Å². The summed E-state index contributed by atoms with van der Waals surface area (Å²) < 4.78 is 5.15. The monoisotopic (exact) mass is 203 g/mol. The summed E-state index contributed by atoms with van der Waals surface area (Å²) in [7, 11) is 0. The van der Waals surface area contributed by atoms with E-state index in [1.165, 1.54) is 0 Å². The third-order valence-electron chi connectivity index (χ3n) is 2.14. The maximum Gasteiger partial charge on any atom is 0.111 e. The molecule has 3 N–H and O–H groups in total. The van der Waals surface area contributed by atoms with Gasteiger partial charge in [-0.15, -0.1) is 6.58 Å². The fourth-order valence-corrected chi connectivity index (χ4v) is 1.35. The molecular weight excluding hydrogens is 186 g/mol. The molecule has 0 radical (unpaired) electrons. The molecule has 1 fully saturated rings. The Morgan fingerprint density at radius 3 is 3.07 bits per heavy atom. The summed E-state index contributed by atoms with van der Waals surface area (Å²) in [5, 5.41) is 18.5. The molecule has 82 valence electrons. The van der Waals surface area contributed by atoms with Gasteiger partial charge < -0.3 is 14.9 Å². The van der Waals surface area contributed by atoms with E-state index in [0.29, 0.717) is 19.6 Å². The first kappa shape index (κ1) is 11.6. The van der Waals surface area contributed by atoms with Crippen molar-refractivity contribution in [2.24, 2.45) is 0 Å². The number of nitrogens with one attached hydrogen (secondary N) is 1. The number of aliphatic hydroxyl groups excluding tert-OH is 2. The number of ether oxygens (including phenoxy) is 1. The largest absolute Gasteiger partial charge is 0.394 e. The highest BCUT2D eigenvalue weighted by Gasteiger charge is 2.33. The molecule has 0 amide bonds. The van der Waals surface area contributed by atoms with Crippen molar-refractivity contribution >= 4 is 0 Å². The summed E-state index contributed by atoms with van der Waals surface area (Å²) in [6, 6.07) is 0. The van der Waals surface area contributed by atoms with Crippen LogP contribution in [0, 0.1) is 0 Å². The van der Waals surface area contributed by atoms with E-state index in [9.17, 15) is 5.11 Å². The van der Waals surface area contributed by atoms with Crippen LogP contribution in [0.4, 0.5) is 0 Å². The van der Waals surface area contributed by atoms with E-state index in [1.54, 1.807) is 6.08 Å². The molecule has 0 saturated carbocycles. The highest BCUT2D eigenvalue weighted by Crippen LogP contribution is 2.16. The van der Waals surface area contributed by atoms with Gasteiger partial charge in [0.2, 0.25) is 0 Å². The van der Waals surface area contributed by atoms with Gasteiger partial charge in [-0.25, -0.2) is 0 Å². The summed E-state index contributed by atoms with van der Waals surface area (Å²) in [6.45, 7) is 4.34. The van der Waals surface area contributed by atoms with Crippen molar-refractivity contribution in [3.8, 4) is 0 Å².